The van der Waals surface area contributed by atoms with E-state index < -0.39 is 23.6 Å². The maximum atomic E-state index is 12.0. The minimum absolute atomic E-state index is 0.0633. The molecule has 2 fully saturated rings. The molecule has 0 aliphatic carbocycles. The third-order valence-corrected chi connectivity index (χ3v) is 4.82. The topological polar surface area (TPSA) is 135 Å². The number of hydrogen-bond donors (Lipinski definition) is 4. The van der Waals surface area contributed by atoms with Gasteiger partial charge in [0.05, 0.1) is 12.2 Å². The fourth-order valence-electron chi connectivity index (χ4n) is 3.23. The van der Waals surface area contributed by atoms with Crippen LogP contribution in [0.25, 0.3) is 0 Å². The van der Waals surface area contributed by atoms with E-state index in [9.17, 15) is 19.2 Å². The average Bonchev–Trinajstić information content (AvgIpc) is 3.44. The summed E-state index contributed by atoms with van der Waals surface area (Å²) in [7, 11) is 0. The van der Waals surface area contributed by atoms with Gasteiger partial charge in [-0.05, 0) is 43.9 Å². The molecule has 2 aliphatic rings. The average molecular weight is 418 g/mol. The first-order valence-electron chi connectivity index (χ1n) is 10.0. The first kappa shape index (κ1) is 21.7. The number of hydrogen-bond acceptors (Lipinski definition) is 6. The Morgan fingerprint density at radius 2 is 1.23 bits per heavy atom. The van der Waals surface area contributed by atoms with Gasteiger partial charge in [0.2, 0.25) is 0 Å². The van der Waals surface area contributed by atoms with Gasteiger partial charge < -0.3 is 30.7 Å². The molecule has 30 heavy (non-hydrogen) atoms. The zero-order chi connectivity index (χ0) is 21.3. The third kappa shape index (κ3) is 6.53. The minimum atomic E-state index is -0.828. The monoisotopic (exact) mass is 418 g/mol. The Balaban J connectivity index is 1.44. The van der Waals surface area contributed by atoms with E-state index in [4.69, 9.17) is 9.47 Å². The van der Waals surface area contributed by atoms with Crippen LogP contribution in [-0.4, -0.2) is 62.1 Å². The normalized spacial score (nSPS) is 20.4. The van der Waals surface area contributed by atoms with Gasteiger partial charge in [0.15, 0.2) is 0 Å². The summed E-state index contributed by atoms with van der Waals surface area (Å²) in [5, 5.41) is 9.99. The molecule has 0 spiro atoms. The Bertz CT molecular complexity index is 726. The zero-order valence-electron chi connectivity index (χ0n) is 16.6. The largest absolute Gasteiger partial charge is 0.376 e. The first-order valence-corrected chi connectivity index (χ1v) is 10.0. The van der Waals surface area contributed by atoms with Gasteiger partial charge in [0.1, 0.15) is 0 Å². The van der Waals surface area contributed by atoms with Gasteiger partial charge in [-0.25, -0.2) is 0 Å². The molecule has 1 aromatic carbocycles. The predicted octanol–water partition coefficient (Wildman–Crippen LogP) is 0.154. The lowest BCUT2D eigenvalue weighted by Crippen LogP contribution is -2.39. The molecule has 0 aromatic heterocycles. The smallest absolute Gasteiger partial charge is 0.313 e. The number of anilines is 2. The van der Waals surface area contributed by atoms with Crippen LogP contribution in [0.1, 0.15) is 25.7 Å². The van der Waals surface area contributed by atoms with Crippen molar-refractivity contribution in [2.75, 3.05) is 36.9 Å². The number of nitrogens with one attached hydrogen (secondary N) is 4. The maximum absolute atomic E-state index is 12.0. The second kappa shape index (κ2) is 10.7. The molecular weight excluding hydrogens is 392 g/mol. The van der Waals surface area contributed by atoms with E-state index in [1.165, 1.54) is 6.07 Å². The first-order chi connectivity index (χ1) is 14.5. The quantitative estimate of drug-likeness (QED) is 0.486. The van der Waals surface area contributed by atoms with Crippen LogP contribution in [0.4, 0.5) is 11.4 Å². The molecule has 2 unspecified atom stereocenters. The Labute approximate surface area is 174 Å². The molecule has 0 saturated carbocycles. The van der Waals surface area contributed by atoms with Gasteiger partial charge in [0, 0.05) is 37.7 Å². The van der Waals surface area contributed by atoms with Crippen molar-refractivity contribution in [3.8, 4) is 0 Å². The highest BCUT2D eigenvalue weighted by atomic mass is 16.5. The molecule has 2 atom stereocenters. The van der Waals surface area contributed by atoms with Crippen LogP contribution in [0.5, 0.6) is 0 Å². The number of amides is 4. The van der Waals surface area contributed by atoms with E-state index >= 15 is 0 Å². The highest BCUT2D eigenvalue weighted by molar-refractivity contribution is 6.40. The van der Waals surface area contributed by atoms with Crippen LogP contribution < -0.4 is 21.3 Å². The van der Waals surface area contributed by atoms with Crippen LogP contribution in [0, 0.1) is 0 Å². The number of carbonyl (C=O) groups is 4. The molecule has 2 aliphatic heterocycles. The van der Waals surface area contributed by atoms with Gasteiger partial charge >= 0.3 is 23.6 Å². The Hall–Kier alpha value is -2.98. The van der Waals surface area contributed by atoms with E-state index in [2.05, 4.69) is 21.3 Å². The number of benzene rings is 1. The fourth-order valence-corrected chi connectivity index (χ4v) is 3.23. The van der Waals surface area contributed by atoms with Crippen LogP contribution >= 0.6 is 0 Å². The van der Waals surface area contributed by atoms with E-state index in [-0.39, 0.29) is 25.3 Å². The second-order valence-corrected chi connectivity index (χ2v) is 7.18. The zero-order valence-corrected chi connectivity index (χ0v) is 16.6. The van der Waals surface area contributed by atoms with Crippen molar-refractivity contribution in [1.82, 2.24) is 10.6 Å². The fraction of sp³-hybridized carbons (Fsp3) is 0.500. The van der Waals surface area contributed by atoms with Crippen LogP contribution in [0.3, 0.4) is 0 Å². The Morgan fingerprint density at radius 1 is 0.767 bits per heavy atom. The summed E-state index contributed by atoms with van der Waals surface area (Å²) in [6, 6.07) is 6.17. The van der Waals surface area contributed by atoms with Crippen molar-refractivity contribution in [3.05, 3.63) is 24.3 Å². The van der Waals surface area contributed by atoms with Crippen molar-refractivity contribution in [3.63, 3.8) is 0 Å². The molecule has 4 amide bonds. The van der Waals surface area contributed by atoms with E-state index in [0.29, 0.717) is 24.6 Å². The molecule has 162 valence electrons. The molecule has 10 nitrogen and oxygen atoms in total. The van der Waals surface area contributed by atoms with Crippen molar-refractivity contribution in [2.45, 2.75) is 37.9 Å². The molecule has 4 N–H and O–H groups in total. The van der Waals surface area contributed by atoms with Crippen molar-refractivity contribution in [2.24, 2.45) is 0 Å². The standard InChI is InChI=1S/C20H26N4O6/c25-17(21-11-15-6-2-8-29-15)19(27)23-13-4-1-5-14(10-13)24-20(28)18(26)22-12-16-7-3-9-30-16/h1,4-5,10,15-16H,2-3,6-9,11-12H2,(H,21,25)(H,22,26)(H,23,27)(H,24,28). The summed E-state index contributed by atoms with van der Waals surface area (Å²) in [4.78, 5) is 47.9. The number of ether oxygens (including phenoxy) is 2. The van der Waals surface area contributed by atoms with Gasteiger partial charge in [-0.3, -0.25) is 19.2 Å². The van der Waals surface area contributed by atoms with Crippen molar-refractivity contribution < 1.29 is 28.7 Å². The van der Waals surface area contributed by atoms with Gasteiger partial charge in [-0.1, -0.05) is 6.07 Å². The number of rotatable bonds is 6. The van der Waals surface area contributed by atoms with Crippen molar-refractivity contribution in [1.29, 1.82) is 0 Å². The van der Waals surface area contributed by atoms with E-state index in [1.54, 1.807) is 18.2 Å². The maximum Gasteiger partial charge on any atom is 0.313 e. The molecular formula is C20H26N4O6. The summed E-state index contributed by atoms with van der Waals surface area (Å²) in [5.41, 5.74) is 0.620. The number of carbonyl (C=O) groups excluding carboxylic acids is 4. The predicted molar refractivity (Wildman–Crippen MR) is 108 cm³/mol. The van der Waals surface area contributed by atoms with Crippen LogP contribution in [0.2, 0.25) is 0 Å². The molecule has 1 aromatic rings. The van der Waals surface area contributed by atoms with E-state index in [0.717, 1.165) is 25.7 Å². The van der Waals surface area contributed by atoms with Crippen LogP contribution in [0.15, 0.2) is 24.3 Å². The molecule has 2 saturated heterocycles. The lowest BCUT2D eigenvalue weighted by molar-refractivity contribution is -0.136. The molecule has 0 bridgehead atoms. The molecule has 10 heteroatoms. The van der Waals surface area contributed by atoms with Crippen molar-refractivity contribution >= 4 is 35.0 Å². The summed E-state index contributed by atoms with van der Waals surface area (Å²) in [5.74, 6) is -3.20. The second-order valence-electron chi connectivity index (χ2n) is 7.18. The van der Waals surface area contributed by atoms with Gasteiger partial charge in [0.25, 0.3) is 0 Å². The SMILES string of the molecule is O=C(NCC1CCCO1)C(=O)Nc1cccc(NC(=O)C(=O)NCC2CCCO2)c1. The lowest BCUT2D eigenvalue weighted by atomic mass is 10.2. The Morgan fingerprint density at radius 3 is 1.63 bits per heavy atom. The third-order valence-electron chi connectivity index (χ3n) is 4.82. The summed E-state index contributed by atoms with van der Waals surface area (Å²) < 4.78 is 10.8. The lowest BCUT2D eigenvalue weighted by Gasteiger charge is -2.12. The highest BCUT2D eigenvalue weighted by Crippen LogP contribution is 2.15. The Kier molecular flexibility index (Phi) is 7.75. The summed E-state index contributed by atoms with van der Waals surface area (Å²) in [6.07, 6.45) is 3.46. The van der Waals surface area contributed by atoms with Gasteiger partial charge in [-0.15, -0.1) is 0 Å². The molecule has 0 radical (unpaired) electrons. The van der Waals surface area contributed by atoms with Gasteiger partial charge in [-0.2, -0.15) is 0 Å². The van der Waals surface area contributed by atoms with Crippen LogP contribution in [-0.2, 0) is 28.7 Å². The highest BCUT2D eigenvalue weighted by Gasteiger charge is 2.21. The summed E-state index contributed by atoms with van der Waals surface area (Å²) in [6.45, 7) is 1.89. The summed E-state index contributed by atoms with van der Waals surface area (Å²) >= 11 is 0. The molecule has 2 heterocycles. The van der Waals surface area contributed by atoms with E-state index in [1.807, 2.05) is 0 Å². The molecule has 3 rings (SSSR count). The minimum Gasteiger partial charge on any atom is -0.376 e.